The lowest BCUT2D eigenvalue weighted by atomic mass is 9.80. The molecule has 1 saturated carbocycles. The van der Waals surface area contributed by atoms with Crippen LogP contribution < -0.4 is 10.1 Å². The Hall–Kier alpha value is -1.13. The van der Waals surface area contributed by atoms with Crippen molar-refractivity contribution in [1.29, 1.82) is 0 Å². The lowest BCUT2D eigenvalue weighted by molar-refractivity contribution is 0.0507. The molecule has 0 bridgehead atoms. The molecular weight excluding hydrogens is 269 g/mol. The molecule has 1 aliphatic rings. The van der Waals surface area contributed by atoms with Crippen molar-refractivity contribution in [2.75, 3.05) is 13.2 Å². The largest absolute Gasteiger partial charge is 0.490 e. The first-order chi connectivity index (χ1) is 10.1. The second-order valence-corrected chi connectivity index (χ2v) is 6.11. The average molecular weight is 295 g/mol. The number of aryl methyl sites for hydroxylation is 1. The number of rotatable bonds is 6. The van der Waals surface area contributed by atoms with Crippen molar-refractivity contribution in [3.63, 3.8) is 0 Å². The van der Waals surface area contributed by atoms with Crippen molar-refractivity contribution < 1.29 is 14.2 Å². The van der Waals surface area contributed by atoms with Crippen LogP contribution in [0, 0.1) is 12.7 Å². The fourth-order valence-electron chi connectivity index (χ4n) is 3.08. The molecule has 0 aromatic heterocycles. The van der Waals surface area contributed by atoms with E-state index in [1.807, 2.05) is 6.92 Å². The van der Waals surface area contributed by atoms with Crippen LogP contribution in [0.3, 0.4) is 0 Å². The number of hydrogen-bond acceptors (Lipinski definition) is 3. The molecule has 4 heteroatoms. The molecule has 0 spiro atoms. The van der Waals surface area contributed by atoms with Gasteiger partial charge in [-0.15, -0.1) is 0 Å². The van der Waals surface area contributed by atoms with E-state index in [-0.39, 0.29) is 24.1 Å². The lowest BCUT2D eigenvalue weighted by Crippen LogP contribution is -2.53. The van der Waals surface area contributed by atoms with E-state index in [4.69, 9.17) is 4.74 Å². The van der Waals surface area contributed by atoms with Crippen LogP contribution in [0.2, 0.25) is 0 Å². The van der Waals surface area contributed by atoms with E-state index < -0.39 is 0 Å². The quantitative estimate of drug-likeness (QED) is 0.847. The predicted octanol–water partition coefficient (Wildman–Crippen LogP) is 3.19. The van der Waals surface area contributed by atoms with Gasteiger partial charge in [0.15, 0.2) is 0 Å². The van der Waals surface area contributed by atoms with Gasteiger partial charge >= 0.3 is 0 Å². The fraction of sp³-hybridized carbons (Fsp3) is 0.647. The van der Waals surface area contributed by atoms with E-state index in [1.165, 1.54) is 12.1 Å². The first kappa shape index (κ1) is 16.2. The molecule has 1 aromatic carbocycles. The molecule has 1 aliphatic carbocycles. The Bertz CT molecular complexity index is 466. The van der Waals surface area contributed by atoms with Crippen molar-refractivity contribution >= 4 is 0 Å². The zero-order chi connectivity index (χ0) is 15.3. The van der Waals surface area contributed by atoms with Crippen molar-refractivity contribution in [3.05, 3.63) is 29.6 Å². The van der Waals surface area contributed by atoms with E-state index in [9.17, 15) is 9.50 Å². The molecule has 1 fully saturated rings. The van der Waals surface area contributed by atoms with Gasteiger partial charge in [0.2, 0.25) is 0 Å². The minimum Gasteiger partial charge on any atom is -0.490 e. The second-order valence-electron chi connectivity index (χ2n) is 6.11. The van der Waals surface area contributed by atoms with Gasteiger partial charge < -0.3 is 15.2 Å². The van der Waals surface area contributed by atoms with Gasteiger partial charge in [-0.25, -0.2) is 4.39 Å². The van der Waals surface area contributed by atoms with Gasteiger partial charge in [-0.3, -0.25) is 0 Å². The Morgan fingerprint density at radius 2 is 2.29 bits per heavy atom. The van der Waals surface area contributed by atoms with Gasteiger partial charge in [-0.2, -0.15) is 0 Å². The predicted molar refractivity (Wildman–Crippen MR) is 82.1 cm³/mol. The van der Waals surface area contributed by atoms with Crippen LogP contribution in [0.1, 0.15) is 44.6 Å². The van der Waals surface area contributed by atoms with E-state index in [0.717, 1.165) is 50.0 Å². The second kappa shape index (κ2) is 7.23. The van der Waals surface area contributed by atoms with Crippen LogP contribution in [0.15, 0.2) is 18.2 Å². The maximum absolute atomic E-state index is 13.1. The zero-order valence-corrected chi connectivity index (χ0v) is 13.0. The third-order valence-electron chi connectivity index (χ3n) is 4.28. The number of nitrogens with one attached hydrogen (secondary N) is 1. The monoisotopic (exact) mass is 295 g/mol. The minimum atomic E-state index is -0.238. The van der Waals surface area contributed by atoms with Crippen LogP contribution >= 0.6 is 0 Å². The SMILES string of the molecule is CCCNC1(CO)CCCC(Oc2ccc(F)cc2C)C1. The van der Waals surface area contributed by atoms with Crippen LogP contribution in [-0.4, -0.2) is 29.9 Å². The van der Waals surface area contributed by atoms with Gasteiger partial charge in [0.05, 0.1) is 6.61 Å². The zero-order valence-electron chi connectivity index (χ0n) is 13.0. The summed E-state index contributed by atoms with van der Waals surface area (Å²) in [5, 5.41) is 13.3. The molecule has 0 radical (unpaired) electrons. The molecule has 2 unspecified atom stereocenters. The number of aliphatic hydroxyl groups is 1. The summed E-state index contributed by atoms with van der Waals surface area (Å²) in [5.41, 5.74) is 0.587. The number of benzene rings is 1. The molecule has 0 heterocycles. The molecule has 1 aromatic rings. The first-order valence-electron chi connectivity index (χ1n) is 7.87. The molecule has 2 atom stereocenters. The third kappa shape index (κ3) is 4.17. The van der Waals surface area contributed by atoms with Crippen LogP contribution in [-0.2, 0) is 0 Å². The van der Waals surface area contributed by atoms with Crippen molar-refractivity contribution in [2.45, 2.75) is 57.6 Å². The van der Waals surface area contributed by atoms with Crippen molar-refractivity contribution in [3.8, 4) is 5.75 Å². The van der Waals surface area contributed by atoms with Crippen LogP contribution in [0.4, 0.5) is 4.39 Å². The van der Waals surface area contributed by atoms with E-state index in [2.05, 4.69) is 12.2 Å². The lowest BCUT2D eigenvalue weighted by Gasteiger charge is -2.40. The molecule has 2 rings (SSSR count). The summed E-state index contributed by atoms with van der Waals surface area (Å²) in [6.45, 7) is 5.02. The highest BCUT2D eigenvalue weighted by molar-refractivity contribution is 5.32. The summed E-state index contributed by atoms with van der Waals surface area (Å²) in [7, 11) is 0. The van der Waals surface area contributed by atoms with E-state index >= 15 is 0 Å². The summed E-state index contributed by atoms with van der Waals surface area (Å²) in [4.78, 5) is 0. The van der Waals surface area contributed by atoms with Crippen LogP contribution in [0.5, 0.6) is 5.75 Å². The highest BCUT2D eigenvalue weighted by Crippen LogP contribution is 2.32. The number of halogens is 1. The summed E-state index contributed by atoms with van der Waals surface area (Å²) < 4.78 is 19.2. The normalized spacial score (nSPS) is 25.8. The number of hydrogen-bond donors (Lipinski definition) is 2. The van der Waals surface area contributed by atoms with Gasteiger partial charge in [0, 0.05) is 12.0 Å². The Morgan fingerprint density at radius 1 is 1.48 bits per heavy atom. The molecule has 2 N–H and O–H groups in total. The highest BCUT2D eigenvalue weighted by atomic mass is 19.1. The van der Waals surface area contributed by atoms with Crippen LogP contribution in [0.25, 0.3) is 0 Å². The molecule has 0 aliphatic heterocycles. The van der Waals surface area contributed by atoms with Gasteiger partial charge in [0.25, 0.3) is 0 Å². The number of ether oxygens (including phenoxy) is 1. The molecule has 0 amide bonds. The highest BCUT2D eigenvalue weighted by Gasteiger charge is 2.36. The van der Waals surface area contributed by atoms with Crippen molar-refractivity contribution in [2.24, 2.45) is 0 Å². The van der Waals surface area contributed by atoms with Gasteiger partial charge in [-0.1, -0.05) is 6.92 Å². The molecule has 21 heavy (non-hydrogen) atoms. The molecular formula is C17H26FNO2. The first-order valence-corrected chi connectivity index (χ1v) is 7.87. The Morgan fingerprint density at radius 3 is 2.95 bits per heavy atom. The smallest absolute Gasteiger partial charge is 0.123 e. The third-order valence-corrected chi connectivity index (χ3v) is 4.28. The summed E-state index contributed by atoms with van der Waals surface area (Å²) in [5.74, 6) is 0.503. The fourth-order valence-corrected chi connectivity index (χ4v) is 3.08. The van der Waals surface area contributed by atoms with Gasteiger partial charge in [0.1, 0.15) is 17.7 Å². The minimum absolute atomic E-state index is 0.0689. The Balaban J connectivity index is 2.03. The van der Waals surface area contributed by atoms with Crippen molar-refractivity contribution in [1.82, 2.24) is 5.32 Å². The summed E-state index contributed by atoms with van der Waals surface area (Å²) >= 11 is 0. The summed E-state index contributed by atoms with van der Waals surface area (Å²) in [6, 6.07) is 4.62. The topological polar surface area (TPSA) is 41.5 Å². The van der Waals surface area contributed by atoms with Gasteiger partial charge in [-0.05, 0) is 62.9 Å². The molecule has 3 nitrogen and oxygen atoms in total. The average Bonchev–Trinajstić information content (AvgIpc) is 2.48. The Kier molecular flexibility index (Phi) is 5.59. The van der Waals surface area contributed by atoms with E-state index in [0.29, 0.717) is 0 Å². The maximum Gasteiger partial charge on any atom is 0.123 e. The molecule has 118 valence electrons. The standard InChI is InChI=1S/C17H26FNO2/c1-3-9-19-17(12-20)8-4-5-15(11-17)21-16-7-6-14(18)10-13(16)2/h6-7,10,15,19-20H,3-5,8-9,11-12H2,1-2H3. The maximum atomic E-state index is 13.1. The van der Waals surface area contributed by atoms with E-state index in [1.54, 1.807) is 6.07 Å². The Labute approximate surface area is 126 Å². The summed E-state index contributed by atoms with van der Waals surface area (Å²) in [6.07, 6.45) is 4.89. The number of aliphatic hydroxyl groups excluding tert-OH is 1. The molecule has 0 saturated heterocycles.